The van der Waals surface area contributed by atoms with E-state index in [4.69, 9.17) is 0 Å². The standard InChI is InChI=1S/C11H22OS/c1-3-5-9(2)8-10(12)11-6-4-7-13-11/h9-12H,3-8H2,1-2H3. The van der Waals surface area contributed by atoms with Crippen LogP contribution in [-0.2, 0) is 0 Å². The van der Waals surface area contributed by atoms with Crippen LogP contribution in [0.3, 0.4) is 0 Å². The largest absolute Gasteiger partial charge is 0.392 e. The van der Waals surface area contributed by atoms with E-state index >= 15 is 0 Å². The fraction of sp³-hybridized carbons (Fsp3) is 1.00. The first-order chi connectivity index (χ1) is 6.24. The first-order valence-corrected chi connectivity index (χ1v) is 6.58. The third-order valence-electron chi connectivity index (χ3n) is 2.82. The smallest absolute Gasteiger partial charge is 0.0661 e. The monoisotopic (exact) mass is 202 g/mol. The zero-order valence-electron chi connectivity index (χ0n) is 8.83. The molecular formula is C11H22OS. The summed E-state index contributed by atoms with van der Waals surface area (Å²) in [6.07, 6.45) is 5.99. The number of rotatable bonds is 5. The SMILES string of the molecule is CCCC(C)CC(O)C1CCCS1. The Balaban J connectivity index is 2.18. The van der Waals surface area contributed by atoms with Gasteiger partial charge in [-0.05, 0) is 30.9 Å². The zero-order valence-corrected chi connectivity index (χ0v) is 9.65. The van der Waals surface area contributed by atoms with Crippen molar-refractivity contribution in [3.63, 3.8) is 0 Å². The van der Waals surface area contributed by atoms with Gasteiger partial charge in [-0.15, -0.1) is 0 Å². The molecule has 0 bridgehead atoms. The van der Waals surface area contributed by atoms with Crippen LogP contribution in [-0.4, -0.2) is 22.2 Å². The minimum atomic E-state index is -0.0472. The van der Waals surface area contributed by atoms with E-state index < -0.39 is 0 Å². The molecule has 1 nitrogen and oxygen atoms in total. The maximum absolute atomic E-state index is 9.93. The van der Waals surface area contributed by atoms with Gasteiger partial charge in [-0.2, -0.15) is 11.8 Å². The van der Waals surface area contributed by atoms with Crippen molar-refractivity contribution in [1.82, 2.24) is 0 Å². The highest BCUT2D eigenvalue weighted by Crippen LogP contribution is 2.31. The van der Waals surface area contributed by atoms with Crippen LogP contribution in [0.2, 0.25) is 0 Å². The minimum absolute atomic E-state index is 0.0472. The van der Waals surface area contributed by atoms with Crippen LogP contribution in [0.5, 0.6) is 0 Å². The van der Waals surface area contributed by atoms with Crippen LogP contribution in [0.4, 0.5) is 0 Å². The van der Waals surface area contributed by atoms with E-state index in [2.05, 4.69) is 13.8 Å². The van der Waals surface area contributed by atoms with Gasteiger partial charge in [0, 0.05) is 5.25 Å². The van der Waals surface area contributed by atoms with E-state index in [1.165, 1.54) is 31.4 Å². The molecule has 1 fully saturated rings. The Labute approximate surface area is 86.3 Å². The molecule has 1 aliphatic heterocycles. The van der Waals surface area contributed by atoms with Crippen molar-refractivity contribution in [2.75, 3.05) is 5.75 Å². The highest BCUT2D eigenvalue weighted by Gasteiger charge is 2.24. The summed E-state index contributed by atoms with van der Waals surface area (Å²) in [4.78, 5) is 0. The first-order valence-electron chi connectivity index (χ1n) is 5.53. The van der Waals surface area contributed by atoms with Gasteiger partial charge < -0.3 is 5.11 Å². The van der Waals surface area contributed by atoms with Crippen LogP contribution in [0, 0.1) is 5.92 Å². The van der Waals surface area contributed by atoms with Crippen LogP contribution >= 0.6 is 11.8 Å². The second-order valence-corrected chi connectivity index (χ2v) is 5.60. The van der Waals surface area contributed by atoms with Crippen LogP contribution in [0.1, 0.15) is 46.0 Å². The summed E-state index contributed by atoms with van der Waals surface area (Å²) < 4.78 is 0. The van der Waals surface area contributed by atoms with Gasteiger partial charge >= 0.3 is 0 Å². The van der Waals surface area contributed by atoms with Crippen molar-refractivity contribution in [2.45, 2.75) is 57.3 Å². The Bertz CT molecular complexity index is 132. The number of aliphatic hydroxyl groups is 1. The summed E-state index contributed by atoms with van der Waals surface area (Å²) in [7, 11) is 0. The van der Waals surface area contributed by atoms with Crippen molar-refractivity contribution in [2.24, 2.45) is 5.92 Å². The quantitative estimate of drug-likeness (QED) is 0.739. The Kier molecular flexibility index (Phi) is 5.18. The Morgan fingerprint density at radius 2 is 2.31 bits per heavy atom. The van der Waals surface area contributed by atoms with Crippen molar-refractivity contribution in [3.05, 3.63) is 0 Å². The lowest BCUT2D eigenvalue weighted by atomic mass is 9.96. The zero-order chi connectivity index (χ0) is 9.68. The summed E-state index contributed by atoms with van der Waals surface area (Å²) in [5, 5.41) is 10.5. The van der Waals surface area contributed by atoms with E-state index in [0.717, 1.165) is 6.42 Å². The summed E-state index contributed by atoms with van der Waals surface area (Å²) in [6, 6.07) is 0. The van der Waals surface area contributed by atoms with Crippen molar-refractivity contribution < 1.29 is 5.11 Å². The molecule has 0 aromatic rings. The molecule has 1 aliphatic rings. The lowest BCUT2D eigenvalue weighted by Crippen LogP contribution is -2.23. The van der Waals surface area contributed by atoms with Crippen LogP contribution in [0.15, 0.2) is 0 Å². The minimum Gasteiger partial charge on any atom is -0.392 e. The molecule has 0 amide bonds. The van der Waals surface area contributed by atoms with E-state index in [0.29, 0.717) is 11.2 Å². The van der Waals surface area contributed by atoms with Gasteiger partial charge in [0.05, 0.1) is 6.10 Å². The number of thioether (sulfide) groups is 1. The van der Waals surface area contributed by atoms with Gasteiger partial charge in [0.25, 0.3) is 0 Å². The average molecular weight is 202 g/mol. The molecule has 3 atom stereocenters. The third kappa shape index (κ3) is 3.90. The molecule has 1 saturated heterocycles. The number of hydrogen-bond donors (Lipinski definition) is 1. The molecule has 2 heteroatoms. The molecule has 0 aromatic carbocycles. The molecule has 0 saturated carbocycles. The van der Waals surface area contributed by atoms with Crippen molar-refractivity contribution in [3.8, 4) is 0 Å². The van der Waals surface area contributed by atoms with Gasteiger partial charge in [-0.3, -0.25) is 0 Å². The summed E-state index contributed by atoms with van der Waals surface area (Å²) in [6.45, 7) is 4.47. The van der Waals surface area contributed by atoms with E-state index in [1.807, 2.05) is 11.8 Å². The van der Waals surface area contributed by atoms with Gasteiger partial charge in [-0.25, -0.2) is 0 Å². The normalized spacial score (nSPS) is 27.5. The predicted octanol–water partition coefficient (Wildman–Crippen LogP) is 3.07. The molecule has 1 rings (SSSR count). The predicted molar refractivity (Wildman–Crippen MR) is 60.2 cm³/mol. The molecular weight excluding hydrogens is 180 g/mol. The molecule has 13 heavy (non-hydrogen) atoms. The van der Waals surface area contributed by atoms with Crippen LogP contribution < -0.4 is 0 Å². The van der Waals surface area contributed by atoms with E-state index in [-0.39, 0.29) is 6.10 Å². The van der Waals surface area contributed by atoms with Gasteiger partial charge in [0.15, 0.2) is 0 Å². The topological polar surface area (TPSA) is 20.2 Å². The second-order valence-electron chi connectivity index (χ2n) is 4.25. The maximum atomic E-state index is 9.93. The molecule has 0 spiro atoms. The molecule has 78 valence electrons. The van der Waals surface area contributed by atoms with Crippen molar-refractivity contribution in [1.29, 1.82) is 0 Å². The average Bonchev–Trinajstić information content (AvgIpc) is 2.55. The Morgan fingerprint density at radius 1 is 1.54 bits per heavy atom. The van der Waals surface area contributed by atoms with E-state index in [9.17, 15) is 5.11 Å². The molecule has 3 unspecified atom stereocenters. The van der Waals surface area contributed by atoms with E-state index in [1.54, 1.807) is 0 Å². The third-order valence-corrected chi connectivity index (χ3v) is 4.32. The second kappa shape index (κ2) is 5.92. The highest BCUT2D eigenvalue weighted by molar-refractivity contribution is 8.00. The number of aliphatic hydroxyl groups excluding tert-OH is 1. The van der Waals surface area contributed by atoms with Gasteiger partial charge in [0.1, 0.15) is 0 Å². The lowest BCUT2D eigenvalue weighted by Gasteiger charge is -2.20. The maximum Gasteiger partial charge on any atom is 0.0661 e. The fourth-order valence-corrected chi connectivity index (χ4v) is 3.38. The molecule has 1 N–H and O–H groups in total. The molecule has 0 radical (unpaired) electrons. The van der Waals surface area contributed by atoms with Gasteiger partial charge in [-0.1, -0.05) is 26.7 Å². The lowest BCUT2D eigenvalue weighted by molar-refractivity contribution is 0.139. The highest BCUT2D eigenvalue weighted by atomic mass is 32.2. The summed E-state index contributed by atoms with van der Waals surface area (Å²) in [5.74, 6) is 1.95. The summed E-state index contributed by atoms with van der Waals surface area (Å²) >= 11 is 1.96. The molecule has 0 aliphatic carbocycles. The Hall–Kier alpha value is 0.310. The van der Waals surface area contributed by atoms with Crippen molar-refractivity contribution >= 4 is 11.8 Å². The number of hydrogen-bond acceptors (Lipinski definition) is 2. The summed E-state index contributed by atoms with van der Waals surface area (Å²) in [5.41, 5.74) is 0. The van der Waals surface area contributed by atoms with Gasteiger partial charge in [0.2, 0.25) is 0 Å². The molecule has 1 heterocycles. The fourth-order valence-electron chi connectivity index (χ4n) is 2.08. The Morgan fingerprint density at radius 3 is 2.85 bits per heavy atom. The van der Waals surface area contributed by atoms with Crippen LogP contribution in [0.25, 0.3) is 0 Å². The first kappa shape index (κ1) is 11.4. The molecule has 0 aromatic heterocycles.